The van der Waals surface area contributed by atoms with Crippen LogP contribution in [0.3, 0.4) is 0 Å². The first-order chi connectivity index (χ1) is 7.74. The number of ether oxygens (including phenoxy) is 1. The first kappa shape index (κ1) is 9.42. The molecular weight excluding hydrogens is 222 g/mol. The van der Waals surface area contributed by atoms with Crippen molar-refractivity contribution in [1.29, 1.82) is 0 Å². The molecule has 0 fully saturated rings. The zero-order valence-corrected chi connectivity index (χ0v) is 9.21. The van der Waals surface area contributed by atoms with Crippen molar-refractivity contribution in [3.05, 3.63) is 34.7 Å². The summed E-state index contributed by atoms with van der Waals surface area (Å²) in [5.74, 6) is 0.489. The highest BCUT2D eigenvalue weighted by Gasteiger charge is 2.11. The van der Waals surface area contributed by atoms with E-state index in [0.717, 1.165) is 21.4 Å². The van der Waals surface area contributed by atoms with Crippen LogP contribution in [0.25, 0.3) is 16.2 Å². The second-order valence-electron chi connectivity index (χ2n) is 3.62. The maximum atomic E-state index is 11.1. The normalized spacial score (nSPS) is 13.5. The summed E-state index contributed by atoms with van der Waals surface area (Å²) in [5.41, 5.74) is 6.31. The van der Waals surface area contributed by atoms with E-state index in [1.165, 1.54) is 11.3 Å². The van der Waals surface area contributed by atoms with Crippen LogP contribution in [0.5, 0.6) is 5.75 Å². The predicted octanol–water partition coefficient (Wildman–Crippen LogP) is 2.41. The van der Waals surface area contributed by atoms with Gasteiger partial charge in [-0.2, -0.15) is 0 Å². The molecule has 16 heavy (non-hydrogen) atoms. The third kappa shape index (κ3) is 1.39. The van der Waals surface area contributed by atoms with Crippen LogP contribution in [-0.2, 0) is 0 Å². The summed E-state index contributed by atoms with van der Waals surface area (Å²) in [6, 6.07) is 5.81. The molecule has 3 rings (SSSR count). The minimum absolute atomic E-state index is 0.379. The van der Waals surface area contributed by atoms with Crippen molar-refractivity contribution in [2.45, 2.75) is 0 Å². The number of rotatable bonds is 1. The van der Waals surface area contributed by atoms with Gasteiger partial charge in [-0.05, 0) is 29.7 Å². The van der Waals surface area contributed by atoms with E-state index in [2.05, 4.69) is 0 Å². The van der Waals surface area contributed by atoms with E-state index in [-0.39, 0.29) is 5.91 Å². The molecule has 1 aliphatic heterocycles. The van der Waals surface area contributed by atoms with E-state index in [1.807, 2.05) is 30.4 Å². The Morgan fingerprint density at radius 2 is 2.25 bits per heavy atom. The van der Waals surface area contributed by atoms with Gasteiger partial charge in [-0.25, -0.2) is 0 Å². The predicted molar refractivity (Wildman–Crippen MR) is 64.9 cm³/mol. The summed E-state index contributed by atoms with van der Waals surface area (Å²) in [7, 11) is 0. The van der Waals surface area contributed by atoms with E-state index < -0.39 is 0 Å². The van der Waals surface area contributed by atoms with Crippen LogP contribution in [0.1, 0.15) is 15.2 Å². The van der Waals surface area contributed by atoms with Crippen molar-refractivity contribution in [3.8, 4) is 5.75 Å². The van der Waals surface area contributed by atoms with Gasteiger partial charge >= 0.3 is 0 Å². The minimum Gasteiger partial charge on any atom is -0.489 e. The third-order valence-electron chi connectivity index (χ3n) is 2.52. The molecule has 1 aromatic heterocycles. The molecule has 1 amide bonds. The van der Waals surface area contributed by atoms with E-state index in [0.29, 0.717) is 11.5 Å². The number of hydrogen-bond acceptors (Lipinski definition) is 3. The van der Waals surface area contributed by atoms with Gasteiger partial charge in [0.1, 0.15) is 12.4 Å². The van der Waals surface area contributed by atoms with Crippen molar-refractivity contribution in [2.75, 3.05) is 6.61 Å². The summed E-state index contributed by atoms with van der Waals surface area (Å²) in [6.45, 7) is 0.604. The molecule has 0 radical (unpaired) electrons. The Balaban J connectivity index is 2.24. The summed E-state index contributed by atoms with van der Waals surface area (Å²) in [6.07, 6.45) is 4.00. The molecule has 0 unspecified atom stereocenters. The number of nitrogens with two attached hydrogens (primary N) is 1. The van der Waals surface area contributed by atoms with Crippen molar-refractivity contribution >= 4 is 33.4 Å². The smallest absolute Gasteiger partial charge is 0.258 e. The maximum absolute atomic E-state index is 11.1. The van der Waals surface area contributed by atoms with E-state index in [1.54, 1.807) is 0 Å². The van der Waals surface area contributed by atoms with E-state index in [4.69, 9.17) is 10.5 Å². The fourth-order valence-corrected chi connectivity index (χ4v) is 2.70. The number of primary amides is 1. The zero-order chi connectivity index (χ0) is 11.1. The lowest BCUT2D eigenvalue weighted by atomic mass is 10.1. The molecule has 0 saturated heterocycles. The van der Waals surface area contributed by atoms with Crippen molar-refractivity contribution < 1.29 is 9.53 Å². The number of fused-ring (bicyclic) bond motifs is 2. The highest BCUT2D eigenvalue weighted by Crippen LogP contribution is 2.33. The standard InChI is InChI=1S/C12H9NO2S/c13-12(14)11-5-8-4-7-2-1-3-15-9(7)6-10(8)16-11/h1-2,4-6H,3H2,(H2,13,14). The minimum atomic E-state index is -0.379. The molecule has 0 aliphatic carbocycles. The second kappa shape index (κ2) is 3.35. The molecule has 0 saturated carbocycles. The Morgan fingerprint density at radius 3 is 3.06 bits per heavy atom. The van der Waals surface area contributed by atoms with Crippen LogP contribution in [0, 0.1) is 0 Å². The second-order valence-corrected chi connectivity index (χ2v) is 4.70. The average Bonchev–Trinajstić information content (AvgIpc) is 2.68. The topological polar surface area (TPSA) is 52.3 Å². The lowest BCUT2D eigenvalue weighted by molar-refractivity contribution is 0.100. The monoisotopic (exact) mass is 231 g/mol. The fourth-order valence-electron chi connectivity index (χ4n) is 1.78. The molecule has 0 bridgehead atoms. The maximum Gasteiger partial charge on any atom is 0.258 e. The van der Waals surface area contributed by atoms with Gasteiger partial charge in [0.05, 0.1) is 4.88 Å². The van der Waals surface area contributed by atoms with Crippen molar-refractivity contribution in [2.24, 2.45) is 5.73 Å². The van der Waals surface area contributed by atoms with E-state index in [9.17, 15) is 4.79 Å². The molecule has 2 N–H and O–H groups in total. The lowest BCUT2D eigenvalue weighted by Gasteiger charge is -2.11. The number of thiophene rings is 1. The molecular formula is C12H9NO2S. The number of carbonyl (C=O) groups is 1. The highest BCUT2D eigenvalue weighted by atomic mass is 32.1. The summed E-state index contributed by atoms with van der Waals surface area (Å²) >= 11 is 1.40. The van der Waals surface area contributed by atoms with Gasteiger partial charge in [0.2, 0.25) is 0 Å². The summed E-state index contributed by atoms with van der Waals surface area (Å²) in [5, 5.41) is 1.03. The van der Waals surface area contributed by atoms with Gasteiger partial charge in [-0.3, -0.25) is 4.79 Å². The Kier molecular flexibility index (Phi) is 1.97. The number of hydrogen-bond donors (Lipinski definition) is 1. The molecule has 4 heteroatoms. The van der Waals surface area contributed by atoms with Gasteiger partial charge in [0, 0.05) is 10.3 Å². The summed E-state index contributed by atoms with van der Waals surface area (Å²) in [4.78, 5) is 11.7. The highest BCUT2D eigenvalue weighted by molar-refractivity contribution is 7.20. The van der Waals surface area contributed by atoms with Crippen molar-refractivity contribution in [3.63, 3.8) is 0 Å². The SMILES string of the molecule is NC(=O)c1cc2cc3c(cc2s1)OCC=C3. The van der Waals surface area contributed by atoms with Gasteiger partial charge < -0.3 is 10.5 Å². The fraction of sp³-hybridized carbons (Fsp3) is 0.0833. The van der Waals surface area contributed by atoms with Crippen LogP contribution in [-0.4, -0.2) is 12.5 Å². The van der Waals surface area contributed by atoms with Crippen LogP contribution in [0.2, 0.25) is 0 Å². The Morgan fingerprint density at radius 1 is 1.38 bits per heavy atom. The molecule has 0 atom stereocenters. The zero-order valence-electron chi connectivity index (χ0n) is 8.40. The Labute approximate surface area is 96.1 Å². The number of amides is 1. The van der Waals surface area contributed by atoms with Gasteiger partial charge in [0.15, 0.2) is 0 Å². The lowest BCUT2D eigenvalue weighted by Crippen LogP contribution is -2.07. The van der Waals surface area contributed by atoms with E-state index >= 15 is 0 Å². The summed E-state index contributed by atoms with van der Waals surface area (Å²) < 4.78 is 6.54. The molecule has 1 aliphatic rings. The third-order valence-corrected chi connectivity index (χ3v) is 3.64. The average molecular weight is 231 g/mol. The Bertz CT molecular complexity index is 613. The molecule has 1 aromatic carbocycles. The molecule has 2 aromatic rings. The quantitative estimate of drug-likeness (QED) is 0.819. The number of benzene rings is 1. The van der Waals surface area contributed by atoms with Crippen LogP contribution < -0.4 is 10.5 Å². The van der Waals surface area contributed by atoms with Crippen LogP contribution in [0.4, 0.5) is 0 Å². The van der Waals surface area contributed by atoms with Gasteiger partial charge in [-0.1, -0.05) is 6.08 Å². The molecule has 2 heterocycles. The van der Waals surface area contributed by atoms with Crippen molar-refractivity contribution in [1.82, 2.24) is 0 Å². The first-order valence-electron chi connectivity index (χ1n) is 4.91. The van der Waals surface area contributed by atoms with Gasteiger partial charge in [0.25, 0.3) is 5.91 Å². The molecule has 0 spiro atoms. The first-order valence-corrected chi connectivity index (χ1v) is 5.72. The molecule has 80 valence electrons. The largest absolute Gasteiger partial charge is 0.489 e. The number of carbonyl (C=O) groups excluding carboxylic acids is 1. The Hall–Kier alpha value is -1.81. The van der Waals surface area contributed by atoms with Crippen LogP contribution in [0.15, 0.2) is 24.3 Å². The molecule has 3 nitrogen and oxygen atoms in total. The van der Waals surface area contributed by atoms with Gasteiger partial charge in [-0.15, -0.1) is 11.3 Å². The van der Waals surface area contributed by atoms with Crippen LogP contribution >= 0.6 is 11.3 Å².